The highest BCUT2D eigenvalue weighted by molar-refractivity contribution is 6.07. The third-order valence-electron chi connectivity index (χ3n) is 3.89. The lowest BCUT2D eigenvalue weighted by molar-refractivity contribution is 0.102. The summed E-state index contributed by atoms with van der Waals surface area (Å²) in [7, 11) is 1.44. The molecule has 0 atom stereocenters. The monoisotopic (exact) mass is 334 g/mol. The Hall–Kier alpha value is -3.46. The van der Waals surface area contributed by atoms with Gasteiger partial charge in [0.2, 0.25) is 5.95 Å². The second kappa shape index (κ2) is 6.57. The lowest BCUT2D eigenvalue weighted by atomic mass is 9.98. The van der Waals surface area contributed by atoms with Crippen LogP contribution in [0.25, 0.3) is 11.1 Å². The van der Waals surface area contributed by atoms with Crippen LogP contribution in [0.2, 0.25) is 0 Å². The summed E-state index contributed by atoms with van der Waals surface area (Å²) in [5.74, 6) is -1.27. The molecule has 6 heteroatoms. The average molecular weight is 334 g/mol. The van der Waals surface area contributed by atoms with Crippen molar-refractivity contribution in [3.8, 4) is 17.2 Å². The summed E-state index contributed by atoms with van der Waals surface area (Å²) in [5, 5.41) is 16.0. The van der Waals surface area contributed by atoms with Gasteiger partial charge in [-0.1, -0.05) is 36.4 Å². The highest BCUT2D eigenvalue weighted by Gasteiger charge is 2.21. The van der Waals surface area contributed by atoms with Crippen LogP contribution in [0.1, 0.15) is 21.6 Å². The van der Waals surface area contributed by atoms with Crippen molar-refractivity contribution in [3.63, 3.8) is 0 Å². The molecule has 0 unspecified atom stereocenters. The van der Waals surface area contributed by atoms with Gasteiger partial charge in [0.15, 0.2) is 0 Å². The lowest BCUT2D eigenvalue weighted by Gasteiger charge is -2.12. The molecule has 1 N–H and O–H groups in total. The molecule has 1 amide bonds. The van der Waals surface area contributed by atoms with Gasteiger partial charge in [-0.2, -0.15) is 14.8 Å². The fourth-order valence-electron chi connectivity index (χ4n) is 2.72. The fourth-order valence-corrected chi connectivity index (χ4v) is 2.72. The molecule has 0 spiro atoms. The Bertz CT molecular complexity index is 1000. The van der Waals surface area contributed by atoms with Gasteiger partial charge in [-0.3, -0.25) is 4.79 Å². The number of nitrogens with zero attached hydrogens (tertiary/aromatic N) is 3. The van der Waals surface area contributed by atoms with Crippen LogP contribution in [0, 0.1) is 24.2 Å². The maximum absolute atomic E-state index is 14.1. The minimum Gasteiger partial charge on any atom is -0.321 e. The maximum Gasteiger partial charge on any atom is 0.262 e. The SMILES string of the molecule is Cc1nn(C)c(F)c1C(=O)Nc1ccccc1-c1ccccc1C#N. The van der Waals surface area contributed by atoms with E-state index in [2.05, 4.69) is 16.5 Å². The average Bonchev–Trinajstić information content (AvgIpc) is 2.87. The molecule has 0 aliphatic rings. The third-order valence-corrected chi connectivity index (χ3v) is 3.89. The van der Waals surface area contributed by atoms with Crippen molar-refractivity contribution >= 4 is 11.6 Å². The molecule has 0 fully saturated rings. The van der Waals surface area contributed by atoms with E-state index in [1.807, 2.05) is 12.1 Å². The first-order valence-corrected chi connectivity index (χ1v) is 7.62. The Balaban J connectivity index is 2.03. The van der Waals surface area contributed by atoms with Crippen molar-refractivity contribution in [1.82, 2.24) is 9.78 Å². The number of carbonyl (C=O) groups excluding carboxylic acids is 1. The molecule has 0 bridgehead atoms. The molecule has 1 aromatic heterocycles. The summed E-state index contributed by atoms with van der Waals surface area (Å²) < 4.78 is 15.1. The summed E-state index contributed by atoms with van der Waals surface area (Å²) in [6.07, 6.45) is 0. The Labute approximate surface area is 144 Å². The van der Waals surface area contributed by atoms with Crippen molar-refractivity contribution in [2.24, 2.45) is 7.05 Å². The van der Waals surface area contributed by atoms with Crippen LogP contribution in [0.15, 0.2) is 48.5 Å². The van der Waals surface area contributed by atoms with Crippen molar-refractivity contribution in [2.45, 2.75) is 6.92 Å². The van der Waals surface area contributed by atoms with E-state index in [9.17, 15) is 14.4 Å². The second-order valence-corrected chi connectivity index (χ2v) is 5.53. The van der Waals surface area contributed by atoms with Crippen LogP contribution >= 0.6 is 0 Å². The number of amides is 1. The van der Waals surface area contributed by atoms with Gasteiger partial charge in [-0.25, -0.2) is 4.68 Å². The van der Waals surface area contributed by atoms with Gasteiger partial charge < -0.3 is 5.32 Å². The zero-order valence-corrected chi connectivity index (χ0v) is 13.7. The number of nitriles is 1. The molecule has 0 aliphatic carbocycles. The molecular weight excluding hydrogens is 319 g/mol. The zero-order chi connectivity index (χ0) is 18.0. The standard InChI is InChI=1S/C19H15FN4O/c1-12-17(18(20)24(2)23-12)19(25)22-16-10-6-5-9-15(16)14-8-4-3-7-13(14)11-21/h3-10H,1-2H3,(H,22,25). The molecule has 0 radical (unpaired) electrons. The van der Waals surface area contributed by atoms with Crippen LogP contribution in [-0.4, -0.2) is 15.7 Å². The smallest absolute Gasteiger partial charge is 0.262 e. The van der Waals surface area contributed by atoms with E-state index in [0.717, 1.165) is 4.68 Å². The number of hydrogen-bond acceptors (Lipinski definition) is 3. The number of rotatable bonds is 3. The number of hydrogen-bond donors (Lipinski definition) is 1. The van der Waals surface area contributed by atoms with Crippen molar-refractivity contribution in [2.75, 3.05) is 5.32 Å². The van der Waals surface area contributed by atoms with Crippen molar-refractivity contribution in [3.05, 3.63) is 71.3 Å². The van der Waals surface area contributed by atoms with E-state index in [1.165, 1.54) is 7.05 Å². The number of nitrogens with one attached hydrogen (secondary N) is 1. The number of halogens is 1. The van der Waals surface area contributed by atoms with E-state index in [4.69, 9.17) is 0 Å². The Morgan fingerprint density at radius 3 is 2.44 bits per heavy atom. The molecule has 3 rings (SSSR count). The first-order chi connectivity index (χ1) is 12.0. The number of aryl methyl sites for hydroxylation is 2. The van der Waals surface area contributed by atoms with E-state index in [1.54, 1.807) is 43.3 Å². The number of anilines is 1. The Morgan fingerprint density at radius 2 is 1.80 bits per heavy atom. The van der Waals surface area contributed by atoms with Gasteiger partial charge in [0.1, 0.15) is 5.56 Å². The van der Waals surface area contributed by atoms with Crippen LogP contribution in [-0.2, 0) is 7.05 Å². The molecule has 5 nitrogen and oxygen atoms in total. The highest BCUT2D eigenvalue weighted by Crippen LogP contribution is 2.30. The maximum atomic E-state index is 14.1. The summed E-state index contributed by atoms with van der Waals surface area (Å²) in [5.41, 5.74) is 2.60. The van der Waals surface area contributed by atoms with Gasteiger partial charge in [-0.05, 0) is 19.1 Å². The van der Waals surface area contributed by atoms with E-state index >= 15 is 0 Å². The molecule has 2 aromatic carbocycles. The van der Waals surface area contributed by atoms with Gasteiger partial charge in [0.25, 0.3) is 5.91 Å². The second-order valence-electron chi connectivity index (χ2n) is 5.53. The zero-order valence-electron chi connectivity index (χ0n) is 13.7. The van der Waals surface area contributed by atoms with Crippen molar-refractivity contribution in [1.29, 1.82) is 5.26 Å². The summed E-state index contributed by atoms with van der Waals surface area (Å²) >= 11 is 0. The van der Waals surface area contributed by atoms with Gasteiger partial charge >= 0.3 is 0 Å². The predicted molar refractivity (Wildman–Crippen MR) is 92.4 cm³/mol. The van der Waals surface area contributed by atoms with Crippen LogP contribution < -0.4 is 5.32 Å². The van der Waals surface area contributed by atoms with Crippen LogP contribution in [0.5, 0.6) is 0 Å². The van der Waals surface area contributed by atoms with Gasteiger partial charge in [-0.15, -0.1) is 0 Å². The molecule has 3 aromatic rings. The molecule has 1 heterocycles. The largest absolute Gasteiger partial charge is 0.321 e. The fraction of sp³-hybridized carbons (Fsp3) is 0.105. The van der Waals surface area contributed by atoms with Crippen LogP contribution in [0.3, 0.4) is 0 Å². The lowest BCUT2D eigenvalue weighted by Crippen LogP contribution is -2.15. The number of para-hydroxylation sites is 1. The van der Waals surface area contributed by atoms with E-state index in [-0.39, 0.29) is 5.56 Å². The minimum absolute atomic E-state index is 0.0918. The summed E-state index contributed by atoms with van der Waals surface area (Å²) in [6, 6.07) is 16.3. The quantitative estimate of drug-likeness (QED) is 0.794. The molecule has 0 saturated heterocycles. The number of benzene rings is 2. The first kappa shape index (κ1) is 16.4. The molecular formula is C19H15FN4O. The van der Waals surface area contributed by atoms with Crippen molar-refractivity contribution < 1.29 is 9.18 Å². The minimum atomic E-state index is -0.690. The Kier molecular flexibility index (Phi) is 4.31. The topological polar surface area (TPSA) is 70.7 Å². The predicted octanol–water partition coefficient (Wildman–Crippen LogP) is 3.66. The highest BCUT2D eigenvalue weighted by atomic mass is 19.1. The Morgan fingerprint density at radius 1 is 1.16 bits per heavy atom. The molecule has 124 valence electrons. The first-order valence-electron chi connectivity index (χ1n) is 7.62. The molecule has 25 heavy (non-hydrogen) atoms. The third kappa shape index (κ3) is 3.00. The number of carbonyl (C=O) groups is 1. The van der Waals surface area contributed by atoms with E-state index in [0.29, 0.717) is 28.1 Å². The summed E-state index contributed by atoms with van der Waals surface area (Å²) in [6.45, 7) is 1.58. The van der Waals surface area contributed by atoms with Gasteiger partial charge in [0.05, 0.1) is 17.3 Å². The molecule has 0 saturated carbocycles. The van der Waals surface area contributed by atoms with Crippen LogP contribution in [0.4, 0.5) is 10.1 Å². The molecule has 0 aliphatic heterocycles. The van der Waals surface area contributed by atoms with Gasteiger partial charge in [0, 0.05) is 23.9 Å². The van der Waals surface area contributed by atoms with E-state index < -0.39 is 11.9 Å². The number of aromatic nitrogens is 2. The normalized spacial score (nSPS) is 10.3. The summed E-state index contributed by atoms with van der Waals surface area (Å²) in [4.78, 5) is 12.5.